The molecule has 0 N–H and O–H groups in total. The Hall–Kier alpha value is -2.11. The van der Waals surface area contributed by atoms with Crippen molar-refractivity contribution in [2.24, 2.45) is 7.05 Å². The minimum absolute atomic E-state index is 0.117. The van der Waals surface area contributed by atoms with Crippen molar-refractivity contribution in [2.75, 3.05) is 25.0 Å². The second kappa shape index (κ2) is 7.25. The van der Waals surface area contributed by atoms with E-state index < -0.39 is 0 Å². The van der Waals surface area contributed by atoms with Crippen LogP contribution in [0.5, 0.6) is 0 Å². The van der Waals surface area contributed by atoms with Gasteiger partial charge in [0.25, 0.3) is 11.5 Å². The molecule has 0 saturated carbocycles. The number of carbonyl (C=O) groups is 1. The molecule has 3 heterocycles. The van der Waals surface area contributed by atoms with E-state index >= 15 is 0 Å². The Labute approximate surface area is 162 Å². The van der Waals surface area contributed by atoms with E-state index in [4.69, 9.17) is 12.2 Å². The summed E-state index contributed by atoms with van der Waals surface area (Å²) in [5.41, 5.74) is 1.18. The highest BCUT2D eigenvalue weighted by molar-refractivity contribution is 8.26. The van der Waals surface area contributed by atoms with Crippen molar-refractivity contribution in [3.05, 3.63) is 31.9 Å². The summed E-state index contributed by atoms with van der Waals surface area (Å²) < 4.78 is 2.04. The Morgan fingerprint density at radius 2 is 1.85 bits per heavy atom. The van der Waals surface area contributed by atoms with Gasteiger partial charge in [-0.2, -0.15) is 5.26 Å². The van der Waals surface area contributed by atoms with Crippen LogP contribution in [0.2, 0.25) is 0 Å². The molecule has 0 atom stereocenters. The van der Waals surface area contributed by atoms with Crippen LogP contribution in [-0.4, -0.2) is 39.8 Å². The largest absolute Gasteiger partial charge is 0.357 e. The van der Waals surface area contributed by atoms with Gasteiger partial charge in [0, 0.05) is 32.7 Å². The molecule has 0 bridgehead atoms. The molecular formula is C18H20N4O2S2. The summed E-state index contributed by atoms with van der Waals surface area (Å²) in [6.45, 7) is 3.48. The fourth-order valence-corrected chi connectivity index (χ4v) is 4.54. The molecule has 0 unspecified atom stereocenters. The standard InChI is InChI=1S/C18H20N4O2S2/c1-11-12(9-14-17(24)21(3)18(25)26-14)15(22-7-5-4-6-8-22)20(2)16(23)13(11)10-19/h9H,4-8H2,1-3H3/b14-9-. The highest BCUT2D eigenvalue weighted by Crippen LogP contribution is 2.35. The molecule has 2 saturated heterocycles. The summed E-state index contributed by atoms with van der Waals surface area (Å²) >= 11 is 6.45. The number of nitriles is 1. The summed E-state index contributed by atoms with van der Waals surface area (Å²) in [7, 11) is 3.34. The van der Waals surface area contributed by atoms with Gasteiger partial charge in [-0.05, 0) is 37.8 Å². The van der Waals surface area contributed by atoms with Crippen molar-refractivity contribution in [3.63, 3.8) is 0 Å². The average Bonchev–Trinajstić information content (AvgIpc) is 2.88. The lowest BCUT2D eigenvalue weighted by atomic mass is 10.0. The van der Waals surface area contributed by atoms with E-state index in [-0.39, 0.29) is 17.0 Å². The van der Waals surface area contributed by atoms with Gasteiger partial charge in [0.1, 0.15) is 21.8 Å². The fourth-order valence-electron chi connectivity index (χ4n) is 3.38. The van der Waals surface area contributed by atoms with Crippen LogP contribution in [0.1, 0.15) is 36.0 Å². The number of carbonyl (C=O) groups excluding carboxylic acids is 1. The van der Waals surface area contributed by atoms with Crippen LogP contribution >= 0.6 is 24.0 Å². The first-order valence-corrected chi connectivity index (χ1v) is 9.69. The number of hydrogen-bond donors (Lipinski definition) is 0. The van der Waals surface area contributed by atoms with Crippen molar-refractivity contribution >= 4 is 46.1 Å². The van der Waals surface area contributed by atoms with Gasteiger partial charge in [-0.1, -0.05) is 24.0 Å². The summed E-state index contributed by atoms with van der Waals surface area (Å²) in [5, 5.41) is 9.45. The van der Waals surface area contributed by atoms with Crippen molar-refractivity contribution in [2.45, 2.75) is 26.2 Å². The van der Waals surface area contributed by atoms with E-state index in [0.717, 1.165) is 37.3 Å². The number of thioether (sulfide) groups is 1. The lowest BCUT2D eigenvalue weighted by Crippen LogP contribution is -2.36. The molecule has 1 aromatic heterocycles. The van der Waals surface area contributed by atoms with Crippen molar-refractivity contribution < 1.29 is 4.79 Å². The van der Waals surface area contributed by atoms with Gasteiger partial charge in [0.05, 0.1) is 4.91 Å². The van der Waals surface area contributed by atoms with Gasteiger partial charge in [0.2, 0.25) is 0 Å². The summed E-state index contributed by atoms with van der Waals surface area (Å²) in [6.07, 6.45) is 5.07. The lowest BCUT2D eigenvalue weighted by molar-refractivity contribution is -0.121. The van der Waals surface area contributed by atoms with Crippen LogP contribution in [0.3, 0.4) is 0 Å². The fraction of sp³-hybridized carbons (Fsp3) is 0.444. The van der Waals surface area contributed by atoms with Crippen LogP contribution in [0, 0.1) is 18.3 Å². The van der Waals surface area contributed by atoms with Crippen LogP contribution in [0.4, 0.5) is 5.82 Å². The second-order valence-corrected chi connectivity index (χ2v) is 8.18. The van der Waals surface area contributed by atoms with Gasteiger partial charge >= 0.3 is 0 Å². The zero-order chi connectivity index (χ0) is 19.0. The van der Waals surface area contributed by atoms with Gasteiger partial charge in [-0.15, -0.1) is 0 Å². The monoisotopic (exact) mass is 388 g/mol. The van der Waals surface area contributed by atoms with Crippen LogP contribution in [0.25, 0.3) is 6.08 Å². The van der Waals surface area contributed by atoms with Crippen molar-refractivity contribution in [1.82, 2.24) is 9.47 Å². The molecule has 0 spiro atoms. The number of nitrogens with zero attached hydrogens (tertiary/aromatic N) is 4. The number of piperidine rings is 1. The van der Waals surface area contributed by atoms with E-state index in [9.17, 15) is 14.9 Å². The quantitative estimate of drug-likeness (QED) is 0.572. The van der Waals surface area contributed by atoms with Gasteiger partial charge in [-0.3, -0.25) is 19.1 Å². The molecule has 2 fully saturated rings. The van der Waals surface area contributed by atoms with Crippen LogP contribution in [0.15, 0.2) is 9.70 Å². The topological polar surface area (TPSA) is 69.3 Å². The maximum absolute atomic E-state index is 12.6. The molecule has 0 aromatic carbocycles. The zero-order valence-electron chi connectivity index (χ0n) is 15.0. The average molecular weight is 389 g/mol. The third-order valence-corrected chi connectivity index (χ3v) is 6.37. The molecule has 0 aliphatic carbocycles. The SMILES string of the molecule is Cc1c(/C=C2\SC(=S)N(C)C2=O)c(N2CCCCC2)n(C)c(=O)c1C#N. The Morgan fingerprint density at radius 1 is 1.19 bits per heavy atom. The third-order valence-electron chi connectivity index (χ3n) is 4.89. The molecule has 1 amide bonds. The first-order valence-electron chi connectivity index (χ1n) is 8.47. The molecule has 136 valence electrons. The number of amides is 1. The van der Waals surface area contributed by atoms with Crippen LogP contribution < -0.4 is 10.5 Å². The Kier molecular flexibility index (Phi) is 5.21. The molecule has 26 heavy (non-hydrogen) atoms. The normalized spacial score (nSPS) is 19.4. The maximum Gasteiger partial charge on any atom is 0.270 e. The van der Waals surface area contributed by atoms with Crippen molar-refractivity contribution in [3.8, 4) is 6.07 Å². The second-order valence-electron chi connectivity index (χ2n) is 6.50. The molecule has 8 heteroatoms. The van der Waals surface area contributed by atoms with E-state index in [0.29, 0.717) is 14.8 Å². The molecule has 1 aromatic rings. The first kappa shape index (κ1) is 18.7. The molecule has 6 nitrogen and oxygen atoms in total. The predicted molar refractivity (Wildman–Crippen MR) is 108 cm³/mol. The van der Waals surface area contributed by atoms with Crippen LogP contribution in [-0.2, 0) is 11.8 Å². The van der Waals surface area contributed by atoms with Gasteiger partial charge in [0.15, 0.2) is 0 Å². The highest BCUT2D eigenvalue weighted by Gasteiger charge is 2.30. The highest BCUT2D eigenvalue weighted by atomic mass is 32.2. The summed E-state index contributed by atoms with van der Waals surface area (Å²) in [4.78, 5) is 29.2. The Bertz CT molecular complexity index is 921. The lowest BCUT2D eigenvalue weighted by Gasteiger charge is -2.32. The van der Waals surface area contributed by atoms with E-state index in [1.165, 1.54) is 27.6 Å². The van der Waals surface area contributed by atoms with Crippen molar-refractivity contribution in [1.29, 1.82) is 5.26 Å². The van der Waals surface area contributed by atoms with E-state index in [2.05, 4.69) is 4.90 Å². The van der Waals surface area contributed by atoms with Gasteiger partial charge in [-0.25, -0.2) is 0 Å². The summed E-state index contributed by atoms with van der Waals surface area (Å²) in [6, 6.07) is 2.02. The molecule has 0 radical (unpaired) electrons. The number of anilines is 1. The van der Waals surface area contributed by atoms with E-state index in [1.54, 1.807) is 27.1 Å². The number of hydrogen-bond acceptors (Lipinski definition) is 6. The first-order chi connectivity index (χ1) is 12.4. The molecule has 2 aliphatic heterocycles. The summed E-state index contributed by atoms with van der Waals surface area (Å²) in [5.74, 6) is 0.615. The smallest absolute Gasteiger partial charge is 0.270 e. The number of thiocarbonyl (C=S) groups is 1. The number of pyridine rings is 1. The van der Waals surface area contributed by atoms with E-state index in [1.807, 2.05) is 6.07 Å². The molecule has 2 aliphatic rings. The number of aromatic nitrogens is 1. The van der Waals surface area contributed by atoms with Gasteiger partial charge < -0.3 is 4.90 Å². The molecule has 3 rings (SSSR count). The molecular weight excluding hydrogens is 368 g/mol. The minimum atomic E-state index is -0.300. The number of rotatable bonds is 2. The Balaban J connectivity index is 2.24. The number of likely N-dealkylation sites (N-methyl/N-ethyl adjacent to an activating group) is 1. The minimum Gasteiger partial charge on any atom is -0.357 e. The Morgan fingerprint density at radius 3 is 2.38 bits per heavy atom. The zero-order valence-corrected chi connectivity index (χ0v) is 16.7. The third kappa shape index (κ3) is 3.06. The predicted octanol–water partition coefficient (Wildman–Crippen LogP) is 2.39. The maximum atomic E-state index is 12.6.